The molecule has 1 unspecified atom stereocenters. The Kier molecular flexibility index (Phi) is 3.86. The molecule has 0 N–H and O–H groups in total. The van der Waals surface area contributed by atoms with Gasteiger partial charge in [0.15, 0.2) is 0 Å². The molecule has 0 amide bonds. The topological polar surface area (TPSA) is 0 Å². The van der Waals surface area contributed by atoms with E-state index in [1.54, 1.807) is 13.8 Å². The Hall–Kier alpha value is -0.650. The Bertz CT molecular complexity index is 411. The first-order valence-electron chi connectivity index (χ1n) is 4.73. The minimum Gasteiger partial charge on any atom is -0.195 e. The molecule has 1 aromatic rings. The van der Waals surface area contributed by atoms with Gasteiger partial charge in [0, 0.05) is 0 Å². The molecule has 0 saturated heterocycles. The third-order valence-electron chi connectivity index (χ3n) is 2.52. The summed E-state index contributed by atoms with van der Waals surface area (Å²) in [5, 5.41) is 0. The lowest BCUT2D eigenvalue weighted by Crippen LogP contribution is -2.40. The maximum absolute atomic E-state index is 13.1. The first-order valence-corrected chi connectivity index (χ1v) is 5.64. The predicted molar refractivity (Wildman–Crippen MR) is 58.6 cm³/mol. The zero-order valence-corrected chi connectivity index (χ0v) is 10.7. The van der Waals surface area contributed by atoms with E-state index in [1.165, 1.54) is 18.2 Å². The molecular weight excluding hydrogens is 307 g/mol. The van der Waals surface area contributed by atoms with E-state index >= 15 is 0 Å². The number of hydrogen-bond acceptors (Lipinski definition) is 0. The molecule has 0 nitrogen and oxygen atoms in total. The van der Waals surface area contributed by atoms with Gasteiger partial charge in [0.1, 0.15) is 4.83 Å². The molecule has 0 aromatic heterocycles. The molecule has 0 spiro atoms. The van der Waals surface area contributed by atoms with Gasteiger partial charge in [-0.1, -0.05) is 34.1 Å². The van der Waals surface area contributed by atoms with Gasteiger partial charge < -0.3 is 0 Å². The molecule has 0 radical (unpaired) electrons. The van der Waals surface area contributed by atoms with E-state index in [4.69, 9.17) is 0 Å². The number of alkyl halides is 6. The van der Waals surface area contributed by atoms with Crippen LogP contribution in [0, 0.1) is 13.8 Å². The monoisotopic (exact) mass is 316 g/mol. The van der Waals surface area contributed by atoms with Crippen LogP contribution in [0.3, 0.4) is 0 Å². The molecule has 6 heteroatoms. The van der Waals surface area contributed by atoms with Gasteiger partial charge >= 0.3 is 12.1 Å². The zero-order valence-electron chi connectivity index (χ0n) is 9.08. The predicted octanol–water partition coefficient (Wildman–Crippen LogP) is 4.94. The summed E-state index contributed by atoms with van der Waals surface area (Å²) in [6, 6.07) is 4.11. The van der Waals surface area contributed by atoms with Crippen LogP contribution in [-0.4, -0.2) is 12.1 Å². The Balaban J connectivity index is 3.12. The third-order valence-corrected chi connectivity index (χ3v) is 3.62. The van der Waals surface area contributed by atoms with Crippen molar-refractivity contribution >= 4 is 15.9 Å². The Labute approximate surface area is 104 Å². The lowest BCUT2D eigenvalue weighted by molar-refractivity contribution is -0.281. The fraction of sp³-hybridized carbons (Fsp3) is 0.455. The Morgan fingerprint density at radius 2 is 1.53 bits per heavy atom. The standard InChI is InChI=1S/C11H10BrF5/c1-6-3-4-8(5-7(6)2)9(12)10(13,14)11(15,16)17/h3-5,9H,1-2H3. The minimum atomic E-state index is -5.57. The number of benzene rings is 1. The summed E-state index contributed by atoms with van der Waals surface area (Å²) < 4.78 is 62.6. The van der Waals surface area contributed by atoms with Crippen molar-refractivity contribution in [2.75, 3.05) is 0 Å². The summed E-state index contributed by atoms with van der Waals surface area (Å²) in [6.07, 6.45) is -5.57. The lowest BCUT2D eigenvalue weighted by atomic mass is 10.0. The second-order valence-electron chi connectivity index (χ2n) is 3.83. The molecule has 1 aromatic carbocycles. The van der Waals surface area contributed by atoms with E-state index in [9.17, 15) is 22.0 Å². The van der Waals surface area contributed by atoms with Crippen LogP contribution in [-0.2, 0) is 0 Å². The second-order valence-corrected chi connectivity index (χ2v) is 4.74. The molecule has 0 heterocycles. The smallest absolute Gasteiger partial charge is 0.195 e. The molecule has 0 saturated carbocycles. The van der Waals surface area contributed by atoms with Crippen LogP contribution >= 0.6 is 15.9 Å². The van der Waals surface area contributed by atoms with Crippen molar-refractivity contribution in [3.63, 3.8) is 0 Å². The van der Waals surface area contributed by atoms with E-state index in [2.05, 4.69) is 15.9 Å². The largest absolute Gasteiger partial charge is 0.454 e. The van der Waals surface area contributed by atoms with Crippen LogP contribution in [0.4, 0.5) is 22.0 Å². The van der Waals surface area contributed by atoms with Crippen molar-refractivity contribution in [1.29, 1.82) is 0 Å². The van der Waals surface area contributed by atoms with Crippen molar-refractivity contribution < 1.29 is 22.0 Å². The van der Waals surface area contributed by atoms with Crippen LogP contribution in [0.25, 0.3) is 0 Å². The first-order chi connectivity index (χ1) is 7.57. The van der Waals surface area contributed by atoms with Crippen LogP contribution in [0.2, 0.25) is 0 Å². The van der Waals surface area contributed by atoms with Crippen molar-refractivity contribution in [2.45, 2.75) is 30.8 Å². The quantitative estimate of drug-likeness (QED) is 0.535. The number of rotatable bonds is 2. The summed E-state index contributed by atoms with van der Waals surface area (Å²) in [5.74, 6) is -4.80. The number of aryl methyl sites for hydroxylation is 2. The summed E-state index contributed by atoms with van der Waals surface area (Å²) in [6.45, 7) is 3.41. The van der Waals surface area contributed by atoms with Gasteiger partial charge in [0.25, 0.3) is 0 Å². The third kappa shape index (κ3) is 2.78. The molecule has 0 aliphatic carbocycles. The van der Waals surface area contributed by atoms with Crippen molar-refractivity contribution in [1.82, 2.24) is 0 Å². The highest BCUT2D eigenvalue weighted by atomic mass is 79.9. The van der Waals surface area contributed by atoms with Crippen LogP contribution in [0.15, 0.2) is 18.2 Å². The van der Waals surface area contributed by atoms with Crippen LogP contribution in [0.5, 0.6) is 0 Å². The van der Waals surface area contributed by atoms with Crippen LogP contribution in [0.1, 0.15) is 21.5 Å². The van der Waals surface area contributed by atoms with E-state index < -0.39 is 16.9 Å². The van der Waals surface area contributed by atoms with Gasteiger partial charge in [-0.3, -0.25) is 0 Å². The summed E-state index contributed by atoms with van der Waals surface area (Å²) in [4.78, 5) is -2.07. The maximum atomic E-state index is 13.1. The lowest BCUT2D eigenvalue weighted by Gasteiger charge is -2.25. The molecule has 0 aliphatic rings. The zero-order chi connectivity index (χ0) is 13.4. The van der Waals surface area contributed by atoms with Gasteiger partial charge in [0.2, 0.25) is 0 Å². The summed E-state index contributed by atoms with van der Waals surface area (Å²) in [5.41, 5.74) is 1.42. The van der Waals surface area contributed by atoms with Gasteiger partial charge in [-0.25, -0.2) is 0 Å². The highest BCUT2D eigenvalue weighted by Gasteiger charge is 2.62. The number of hydrogen-bond donors (Lipinski definition) is 0. The molecule has 96 valence electrons. The normalized spacial score (nSPS) is 14.8. The molecule has 0 aliphatic heterocycles. The molecule has 1 rings (SSSR count). The van der Waals surface area contributed by atoms with Crippen molar-refractivity contribution in [3.8, 4) is 0 Å². The minimum absolute atomic E-state index is 0.0876. The Morgan fingerprint density at radius 1 is 1.00 bits per heavy atom. The molecule has 17 heavy (non-hydrogen) atoms. The van der Waals surface area contributed by atoms with E-state index in [1.807, 2.05) is 0 Å². The first kappa shape index (κ1) is 14.4. The van der Waals surface area contributed by atoms with Gasteiger partial charge in [0.05, 0.1) is 0 Å². The van der Waals surface area contributed by atoms with Gasteiger partial charge in [-0.2, -0.15) is 22.0 Å². The second kappa shape index (κ2) is 4.55. The van der Waals surface area contributed by atoms with E-state index in [0.29, 0.717) is 5.56 Å². The number of halogens is 6. The SMILES string of the molecule is Cc1ccc(C(Br)C(F)(F)C(F)(F)F)cc1C. The fourth-order valence-corrected chi connectivity index (χ4v) is 1.82. The van der Waals surface area contributed by atoms with Gasteiger partial charge in [-0.05, 0) is 30.5 Å². The summed E-state index contributed by atoms with van der Waals surface area (Å²) in [7, 11) is 0. The van der Waals surface area contributed by atoms with Gasteiger partial charge in [-0.15, -0.1) is 0 Å². The molecule has 1 atom stereocenters. The highest BCUT2D eigenvalue weighted by Crippen LogP contribution is 2.48. The van der Waals surface area contributed by atoms with Crippen LogP contribution < -0.4 is 0 Å². The fourth-order valence-electron chi connectivity index (χ4n) is 1.28. The van der Waals surface area contributed by atoms with Crippen molar-refractivity contribution in [3.05, 3.63) is 34.9 Å². The summed E-state index contributed by atoms with van der Waals surface area (Å²) >= 11 is 2.43. The maximum Gasteiger partial charge on any atom is 0.454 e. The molecule has 0 bridgehead atoms. The van der Waals surface area contributed by atoms with E-state index in [-0.39, 0.29) is 5.56 Å². The van der Waals surface area contributed by atoms with Crippen molar-refractivity contribution in [2.24, 2.45) is 0 Å². The average molecular weight is 317 g/mol. The average Bonchev–Trinajstić information content (AvgIpc) is 2.19. The molecule has 0 fully saturated rings. The van der Waals surface area contributed by atoms with E-state index in [0.717, 1.165) is 5.56 Å². The molecular formula is C11H10BrF5. The highest BCUT2D eigenvalue weighted by molar-refractivity contribution is 9.09. The Morgan fingerprint density at radius 3 is 1.94 bits per heavy atom.